The van der Waals surface area contributed by atoms with E-state index in [-0.39, 0.29) is 0 Å². The fraction of sp³-hybridized carbons (Fsp3) is 0.118. The van der Waals surface area contributed by atoms with E-state index in [4.69, 9.17) is 0 Å². The van der Waals surface area contributed by atoms with Crippen LogP contribution in [0, 0.1) is 0 Å². The van der Waals surface area contributed by atoms with Gasteiger partial charge in [0.25, 0.3) is 0 Å². The third-order valence-electron chi connectivity index (χ3n) is 3.63. The second kappa shape index (κ2) is 5.93. The quantitative estimate of drug-likeness (QED) is 0.616. The van der Waals surface area contributed by atoms with E-state index in [0.717, 1.165) is 33.5 Å². The maximum atomic E-state index is 4.65. The van der Waals surface area contributed by atoms with Gasteiger partial charge in [0, 0.05) is 49.2 Å². The summed E-state index contributed by atoms with van der Waals surface area (Å²) in [5, 5.41) is 5.36. The number of hydrogen-bond donors (Lipinski definition) is 1. The molecule has 0 saturated heterocycles. The Morgan fingerprint density at radius 2 is 2.08 bits per heavy atom. The van der Waals surface area contributed by atoms with Gasteiger partial charge in [-0.25, -0.2) is 15.0 Å². The average molecular weight is 336 g/mol. The molecule has 0 aliphatic heterocycles. The molecule has 0 bridgehead atoms. The Bertz CT molecular complexity index is 959. The van der Waals surface area contributed by atoms with E-state index in [0.29, 0.717) is 0 Å². The van der Waals surface area contributed by atoms with Crippen molar-refractivity contribution in [2.45, 2.75) is 0 Å². The lowest BCUT2D eigenvalue weighted by molar-refractivity contribution is 1.04. The Hall–Kier alpha value is -2.93. The predicted molar refractivity (Wildman–Crippen MR) is 98.1 cm³/mol. The molecule has 7 heteroatoms. The lowest BCUT2D eigenvalue weighted by Gasteiger charge is -2.12. The summed E-state index contributed by atoms with van der Waals surface area (Å²) in [6.45, 7) is 0. The zero-order valence-electron chi connectivity index (χ0n) is 13.3. The highest BCUT2D eigenvalue weighted by molar-refractivity contribution is 7.15. The molecule has 0 atom stereocenters. The van der Waals surface area contributed by atoms with E-state index in [1.165, 1.54) is 0 Å². The van der Waals surface area contributed by atoms with E-state index in [9.17, 15) is 0 Å². The van der Waals surface area contributed by atoms with Crippen molar-refractivity contribution >= 4 is 33.6 Å². The van der Waals surface area contributed by atoms with Crippen LogP contribution in [0.5, 0.6) is 0 Å². The molecule has 120 valence electrons. The van der Waals surface area contributed by atoms with E-state index in [1.54, 1.807) is 17.7 Å². The van der Waals surface area contributed by atoms with Gasteiger partial charge >= 0.3 is 0 Å². The Balaban J connectivity index is 1.63. The smallest absolute Gasteiger partial charge is 0.194 e. The topological polar surface area (TPSA) is 58.4 Å². The minimum absolute atomic E-state index is 0.761. The highest BCUT2D eigenvalue weighted by atomic mass is 32.1. The van der Waals surface area contributed by atoms with Crippen molar-refractivity contribution in [1.29, 1.82) is 0 Å². The van der Waals surface area contributed by atoms with Gasteiger partial charge in [-0.05, 0) is 12.1 Å². The summed E-state index contributed by atoms with van der Waals surface area (Å²) in [7, 11) is 3.91. The van der Waals surface area contributed by atoms with E-state index in [2.05, 4.69) is 32.4 Å². The molecule has 6 nitrogen and oxygen atoms in total. The van der Waals surface area contributed by atoms with Gasteiger partial charge in [0.1, 0.15) is 18.0 Å². The van der Waals surface area contributed by atoms with E-state index >= 15 is 0 Å². The molecular weight excluding hydrogens is 320 g/mol. The molecule has 4 rings (SSSR count). The highest BCUT2D eigenvalue weighted by Gasteiger charge is 2.07. The van der Waals surface area contributed by atoms with Crippen LogP contribution in [0.2, 0.25) is 0 Å². The maximum Gasteiger partial charge on any atom is 0.194 e. The molecule has 0 radical (unpaired) electrons. The van der Waals surface area contributed by atoms with Crippen molar-refractivity contribution in [2.24, 2.45) is 0 Å². The van der Waals surface area contributed by atoms with Gasteiger partial charge in [-0.3, -0.25) is 4.40 Å². The molecule has 0 unspecified atom stereocenters. The summed E-state index contributed by atoms with van der Waals surface area (Å²) in [6, 6.07) is 10.1. The molecule has 24 heavy (non-hydrogen) atoms. The Kier molecular flexibility index (Phi) is 3.62. The van der Waals surface area contributed by atoms with Gasteiger partial charge in [-0.2, -0.15) is 0 Å². The third kappa shape index (κ3) is 2.81. The van der Waals surface area contributed by atoms with Gasteiger partial charge in [0.15, 0.2) is 4.96 Å². The molecule has 4 aromatic rings. The van der Waals surface area contributed by atoms with Crippen molar-refractivity contribution in [2.75, 3.05) is 24.3 Å². The van der Waals surface area contributed by atoms with Crippen LogP contribution in [-0.4, -0.2) is 33.4 Å². The number of anilines is 3. The number of nitrogens with zero attached hydrogens (tertiary/aromatic N) is 5. The number of imidazole rings is 1. The van der Waals surface area contributed by atoms with E-state index < -0.39 is 0 Å². The predicted octanol–water partition coefficient (Wildman–Crippen LogP) is 3.66. The fourth-order valence-corrected chi connectivity index (χ4v) is 3.13. The molecule has 3 heterocycles. The van der Waals surface area contributed by atoms with Gasteiger partial charge in [-0.1, -0.05) is 12.1 Å². The van der Waals surface area contributed by atoms with Crippen LogP contribution in [0.1, 0.15) is 0 Å². The maximum absolute atomic E-state index is 4.65. The molecule has 0 saturated carbocycles. The minimum Gasteiger partial charge on any atom is -0.363 e. The zero-order chi connectivity index (χ0) is 16.5. The summed E-state index contributed by atoms with van der Waals surface area (Å²) in [5.74, 6) is 1.62. The molecule has 3 aromatic heterocycles. The molecule has 0 aliphatic rings. The lowest BCUT2D eigenvalue weighted by atomic mass is 10.1. The van der Waals surface area contributed by atoms with Crippen molar-refractivity contribution in [3.63, 3.8) is 0 Å². The summed E-state index contributed by atoms with van der Waals surface area (Å²) in [6.07, 6.45) is 5.62. The first kappa shape index (κ1) is 14.6. The Morgan fingerprint density at radius 3 is 2.92 bits per heavy atom. The van der Waals surface area contributed by atoms with Crippen molar-refractivity contribution in [3.05, 3.63) is 54.4 Å². The molecule has 0 amide bonds. The SMILES string of the molecule is CN(C)c1cc(Nc2cccc(-c3cn4ccsc4n3)c2)ncn1. The number of thiazole rings is 1. The van der Waals surface area contributed by atoms with Crippen LogP contribution in [0.15, 0.2) is 54.4 Å². The second-order valence-electron chi connectivity index (χ2n) is 5.58. The summed E-state index contributed by atoms with van der Waals surface area (Å²) in [5.41, 5.74) is 2.99. The summed E-state index contributed by atoms with van der Waals surface area (Å²) in [4.78, 5) is 16.1. The van der Waals surface area contributed by atoms with Crippen molar-refractivity contribution in [1.82, 2.24) is 19.4 Å². The van der Waals surface area contributed by atoms with E-state index in [1.807, 2.05) is 59.4 Å². The lowest BCUT2D eigenvalue weighted by Crippen LogP contribution is -2.11. The largest absolute Gasteiger partial charge is 0.363 e. The van der Waals surface area contributed by atoms with Crippen LogP contribution in [-0.2, 0) is 0 Å². The van der Waals surface area contributed by atoms with Gasteiger partial charge in [0.05, 0.1) is 5.69 Å². The fourth-order valence-electron chi connectivity index (χ4n) is 2.43. The standard InChI is InChI=1S/C17H16N6S/c1-22(2)16-9-15(18-11-19-16)20-13-5-3-4-12(8-13)14-10-23-6-7-24-17(23)21-14/h3-11H,1-2H3,(H,18,19,20). The molecule has 1 aromatic carbocycles. The van der Waals surface area contributed by atoms with Crippen molar-refractivity contribution < 1.29 is 0 Å². The first-order valence-corrected chi connectivity index (χ1v) is 8.36. The first-order valence-electron chi connectivity index (χ1n) is 7.48. The number of benzene rings is 1. The average Bonchev–Trinajstić information content (AvgIpc) is 3.17. The number of aromatic nitrogens is 4. The van der Waals surface area contributed by atoms with Crippen LogP contribution in [0.4, 0.5) is 17.3 Å². The van der Waals surface area contributed by atoms with Crippen molar-refractivity contribution in [3.8, 4) is 11.3 Å². The van der Waals surface area contributed by atoms with Gasteiger partial charge in [0.2, 0.25) is 0 Å². The Labute approximate surface area is 143 Å². The monoisotopic (exact) mass is 336 g/mol. The Morgan fingerprint density at radius 1 is 1.17 bits per heavy atom. The van der Waals surface area contributed by atoms with Crippen LogP contribution < -0.4 is 10.2 Å². The molecule has 0 spiro atoms. The minimum atomic E-state index is 0.761. The zero-order valence-corrected chi connectivity index (χ0v) is 14.2. The molecule has 0 aliphatic carbocycles. The molecular formula is C17H16N6S. The second-order valence-corrected chi connectivity index (χ2v) is 6.45. The third-order valence-corrected chi connectivity index (χ3v) is 4.41. The first-order chi connectivity index (χ1) is 11.7. The number of nitrogens with one attached hydrogen (secondary N) is 1. The van der Waals surface area contributed by atoms with Gasteiger partial charge < -0.3 is 10.2 Å². The van der Waals surface area contributed by atoms with Crippen LogP contribution in [0.25, 0.3) is 16.2 Å². The van der Waals surface area contributed by atoms with Crippen LogP contribution >= 0.6 is 11.3 Å². The summed E-state index contributed by atoms with van der Waals surface area (Å²) < 4.78 is 2.04. The highest BCUT2D eigenvalue weighted by Crippen LogP contribution is 2.25. The number of rotatable bonds is 4. The summed E-state index contributed by atoms with van der Waals surface area (Å²) >= 11 is 1.63. The van der Waals surface area contributed by atoms with Gasteiger partial charge in [-0.15, -0.1) is 11.3 Å². The number of fused-ring (bicyclic) bond motifs is 1. The number of hydrogen-bond acceptors (Lipinski definition) is 6. The molecule has 0 fully saturated rings. The molecule has 1 N–H and O–H groups in total. The van der Waals surface area contributed by atoms with Crippen LogP contribution in [0.3, 0.4) is 0 Å². The normalized spacial score (nSPS) is 10.9.